The number of carbonyl (C=O) groups is 1. The Balaban J connectivity index is 2.26. The van der Waals surface area contributed by atoms with E-state index in [-0.39, 0.29) is 5.69 Å². The molecule has 0 unspecified atom stereocenters. The number of carbonyl (C=O) groups excluding carboxylic acids is 1. The number of aromatic nitrogens is 4. The van der Waals surface area contributed by atoms with E-state index in [9.17, 15) is 23.7 Å². The number of aryl methyl sites for hydroxylation is 2. The number of nitrogens with one attached hydrogen (secondary N) is 1. The summed E-state index contributed by atoms with van der Waals surface area (Å²) in [5.41, 5.74) is 0.00336. The van der Waals surface area contributed by atoms with Crippen molar-refractivity contribution in [2.24, 2.45) is 7.05 Å². The lowest BCUT2D eigenvalue weighted by Crippen LogP contribution is -2.21. The molecule has 9 nitrogen and oxygen atoms in total. The molecule has 0 saturated heterocycles. The van der Waals surface area contributed by atoms with Gasteiger partial charge in [-0.3, -0.25) is 24.3 Å². The van der Waals surface area contributed by atoms with E-state index < -0.39 is 35.2 Å². The number of alkyl halides is 2. The van der Waals surface area contributed by atoms with E-state index in [2.05, 4.69) is 15.5 Å². The molecule has 2 rings (SSSR count). The SMILES string of the molecule is Cc1nn(C)c(C)c1NC(=O)Cn1nc(C(F)F)c([N+](=O)[O-])c1C. The van der Waals surface area contributed by atoms with E-state index in [1.54, 1.807) is 25.6 Å². The van der Waals surface area contributed by atoms with Gasteiger partial charge in [0.15, 0.2) is 0 Å². The molecule has 2 aromatic rings. The van der Waals surface area contributed by atoms with Crippen molar-refractivity contribution in [2.45, 2.75) is 33.7 Å². The molecule has 130 valence electrons. The van der Waals surface area contributed by atoms with Gasteiger partial charge in [-0.1, -0.05) is 0 Å². The van der Waals surface area contributed by atoms with Gasteiger partial charge in [0, 0.05) is 7.05 Å². The van der Waals surface area contributed by atoms with Crippen LogP contribution in [0.2, 0.25) is 0 Å². The molecule has 0 fully saturated rings. The van der Waals surface area contributed by atoms with E-state index in [4.69, 9.17) is 0 Å². The van der Waals surface area contributed by atoms with Crippen LogP contribution in [0.3, 0.4) is 0 Å². The number of nitro groups is 1. The third-order valence-electron chi connectivity index (χ3n) is 3.66. The third-order valence-corrected chi connectivity index (χ3v) is 3.66. The van der Waals surface area contributed by atoms with Crippen LogP contribution in [0.4, 0.5) is 20.2 Å². The fourth-order valence-corrected chi connectivity index (χ4v) is 2.36. The van der Waals surface area contributed by atoms with Gasteiger partial charge in [0.2, 0.25) is 11.6 Å². The van der Waals surface area contributed by atoms with Crippen LogP contribution in [0.5, 0.6) is 0 Å². The topological polar surface area (TPSA) is 108 Å². The van der Waals surface area contributed by atoms with E-state index in [0.29, 0.717) is 11.4 Å². The van der Waals surface area contributed by atoms with Crippen molar-refractivity contribution in [1.82, 2.24) is 19.6 Å². The molecular formula is C13H16F2N6O3. The van der Waals surface area contributed by atoms with E-state index in [0.717, 1.165) is 10.4 Å². The summed E-state index contributed by atoms with van der Waals surface area (Å²) in [4.78, 5) is 22.2. The first kappa shape index (κ1) is 17.5. The Morgan fingerprint density at radius 3 is 2.33 bits per heavy atom. The van der Waals surface area contributed by atoms with Gasteiger partial charge in [-0.05, 0) is 20.8 Å². The van der Waals surface area contributed by atoms with Crippen LogP contribution in [-0.2, 0) is 18.4 Å². The Morgan fingerprint density at radius 2 is 1.92 bits per heavy atom. The molecule has 2 heterocycles. The fourth-order valence-electron chi connectivity index (χ4n) is 2.36. The van der Waals surface area contributed by atoms with Crippen LogP contribution in [0.15, 0.2) is 0 Å². The van der Waals surface area contributed by atoms with E-state index in [1.165, 1.54) is 6.92 Å². The first-order chi connectivity index (χ1) is 11.1. The second-order valence-corrected chi connectivity index (χ2v) is 5.25. The lowest BCUT2D eigenvalue weighted by atomic mass is 10.3. The zero-order valence-electron chi connectivity index (χ0n) is 13.5. The van der Waals surface area contributed by atoms with Gasteiger partial charge >= 0.3 is 5.69 Å². The highest BCUT2D eigenvalue weighted by Crippen LogP contribution is 2.30. The van der Waals surface area contributed by atoms with Crippen molar-refractivity contribution in [1.29, 1.82) is 0 Å². The van der Waals surface area contributed by atoms with Crippen molar-refractivity contribution in [2.75, 3.05) is 5.32 Å². The molecule has 0 aliphatic rings. The molecule has 0 atom stereocenters. The minimum atomic E-state index is -3.10. The molecule has 0 aliphatic carbocycles. The van der Waals surface area contributed by atoms with Crippen molar-refractivity contribution in [3.05, 3.63) is 32.9 Å². The normalized spacial score (nSPS) is 11.1. The number of hydrogen-bond acceptors (Lipinski definition) is 5. The Labute approximate surface area is 135 Å². The van der Waals surface area contributed by atoms with Gasteiger partial charge in [0.05, 0.1) is 22.0 Å². The van der Waals surface area contributed by atoms with Crippen LogP contribution in [0.25, 0.3) is 0 Å². The van der Waals surface area contributed by atoms with Crippen molar-refractivity contribution < 1.29 is 18.5 Å². The second kappa shape index (κ2) is 6.34. The fraction of sp³-hybridized carbons (Fsp3) is 0.462. The second-order valence-electron chi connectivity index (χ2n) is 5.25. The zero-order valence-corrected chi connectivity index (χ0v) is 13.5. The molecule has 0 aliphatic heterocycles. The van der Waals surface area contributed by atoms with Crippen LogP contribution < -0.4 is 5.32 Å². The molecule has 2 aromatic heterocycles. The predicted octanol–water partition coefficient (Wildman–Crippen LogP) is 2.03. The number of amides is 1. The Bertz CT molecular complexity index is 811. The zero-order chi connectivity index (χ0) is 18.2. The van der Waals surface area contributed by atoms with Crippen molar-refractivity contribution in [3.63, 3.8) is 0 Å². The summed E-state index contributed by atoms with van der Waals surface area (Å²) >= 11 is 0. The summed E-state index contributed by atoms with van der Waals surface area (Å²) in [5.74, 6) is -0.546. The van der Waals surface area contributed by atoms with Gasteiger partial charge in [0.1, 0.15) is 12.2 Å². The van der Waals surface area contributed by atoms with Crippen LogP contribution >= 0.6 is 0 Å². The third kappa shape index (κ3) is 3.09. The molecule has 0 aromatic carbocycles. The summed E-state index contributed by atoms with van der Waals surface area (Å²) in [5, 5.41) is 21.2. The van der Waals surface area contributed by atoms with Crippen LogP contribution in [0, 0.1) is 30.9 Å². The largest absolute Gasteiger partial charge is 0.321 e. The number of halogens is 2. The minimum absolute atomic E-state index is 0.106. The summed E-state index contributed by atoms with van der Waals surface area (Å²) in [6.45, 7) is 4.31. The Hall–Kier alpha value is -2.85. The van der Waals surface area contributed by atoms with Gasteiger partial charge in [-0.2, -0.15) is 10.2 Å². The van der Waals surface area contributed by atoms with Gasteiger partial charge < -0.3 is 5.32 Å². The molecule has 0 spiro atoms. The Kier molecular flexibility index (Phi) is 4.62. The Morgan fingerprint density at radius 1 is 1.29 bits per heavy atom. The van der Waals surface area contributed by atoms with Crippen LogP contribution in [-0.4, -0.2) is 30.4 Å². The quantitative estimate of drug-likeness (QED) is 0.661. The first-order valence-electron chi connectivity index (χ1n) is 6.93. The molecule has 0 radical (unpaired) electrons. The summed E-state index contributed by atoms with van der Waals surface area (Å²) in [6.07, 6.45) is -3.10. The average molecular weight is 342 g/mol. The standard InChI is InChI=1S/C13H16F2N6O3/c1-6-10(7(2)19(4)17-6)16-9(22)5-20-8(3)12(21(23)24)11(18-20)13(14)15/h13H,5H2,1-4H3,(H,16,22). The lowest BCUT2D eigenvalue weighted by molar-refractivity contribution is -0.386. The first-order valence-corrected chi connectivity index (χ1v) is 6.93. The molecule has 11 heteroatoms. The molecule has 0 bridgehead atoms. The summed E-state index contributed by atoms with van der Waals surface area (Å²) in [7, 11) is 1.72. The van der Waals surface area contributed by atoms with Crippen molar-refractivity contribution in [3.8, 4) is 0 Å². The maximum absolute atomic E-state index is 12.9. The van der Waals surface area contributed by atoms with Crippen molar-refractivity contribution >= 4 is 17.3 Å². The lowest BCUT2D eigenvalue weighted by Gasteiger charge is -2.07. The molecule has 0 saturated carbocycles. The number of hydrogen-bond donors (Lipinski definition) is 1. The maximum Gasteiger partial charge on any atom is 0.319 e. The van der Waals surface area contributed by atoms with Gasteiger partial charge in [-0.15, -0.1) is 0 Å². The highest BCUT2D eigenvalue weighted by Gasteiger charge is 2.31. The smallest absolute Gasteiger partial charge is 0.319 e. The maximum atomic E-state index is 12.9. The number of rotatable bonds is 5. The average Bonchev–Trinajstić information content (AvgIpc) is 2.91. The molecule has 1 amide bonds. The summed E-state index contributed by atoms with van der Waals surface area (Å²) < 4.78 is 28.3. The van der Waals surface area contributed by atoms with Crippen LogP contribution in [0.1, 0.15) is 29.2 Å². The highest BCUT2D eigenvalue weighted by atomic mass is 19.3. The highest BCUT2D eigenvalue weighted by molar-refractivity contribution is 5.91. The minimum Gasteiger partial charge on any atom is -0.321 e. The molecule has 24 heavy (non-hydrogen) atoms. The number of nitrogens with zero attached hydrogens (tertiary/aromatic N) is 5. The summed E-state index contributed by atoms with van der Waals surface area (Å²) in [6, 6.07) is 0. The van der Waals surface area contributed by atoms with Gasteiger partial charge in [-0.25, -0.2) is 8.78 Å². The molecule has 1 N–H and O–H groups in total. The monoisotopic (exact) mass is 342 g/mol. The van der Waals surface area contributed by atoms with E-state index in [1.807, 2.05) is 0 Å². The van der Waals surface area contributed by atoms with E-state index >= 15 is 0 Å². The van der Waals surface area contributed by atoms with Gasteiger partial charge in [0.25, 0.3) is 6.43 Å². The number of anilines is 1. The predicted molar refractivity (Wildman–Crippen MR) is 79.9 cm³/mol. The molecular weight excluding hydrogens is 326 g/mol.